The van der Waals surface area contributed by atoms with Gasteiger partial charge in [0.25, 0.3) is 0 Å². The van der Waals surface area contributed by atoms with Crippen molar-refractivity contribution in [3.05, 3.63) is 53.8 Å². The molecular formula is C17H16ClN5OS. The van der Waals surface area contributed by atoms with Gasteiger partial charge in [-0.1, -0.05) is 53.7 Å². The molecule has 0 aliphatic heterocycles. The molecule has 0 fully saturated rings. The fourth-order valence-electron chi connectivity index (χ4n) is 2.18. The van der Waals surface area contributed by atoms with Gasteiger partial charge in [0.15, 0.2) is 16.1 Å². The number of hydrogen-bond acceptors (Lipinski definition) is 5. The van der Waals surface area contributed by atoms with Gasteiger partial charge in [-0.05, 0) is 19.1 Å². The summed E-state index contributed by atoms with van der Waals surface area (Å²) < 4.78 is 1.88. The van der Waals surface area contributed by atoms with Crippen LogP contribution in [0.1, 0.15) is 6.92 Å². The van der Waals surface area contributed by atoms with Crippen molar-refractivity contribution in [3.63, 3.8) is 0 Å². The minimum atomic E-state index is -0.372. The van der Waals surface area contributed by atoms with Crippen LogP contribution in [-0.2, 0) is 11.8 Å². The molecule has 0 unspecified atom stereocenters. The van der Waals surface area contributed by atoms with E-state index < -0.39 is 0 Å². The van der Waals surface area contributed by atoms with Crippen molar-refractivity contribution in [1.29, 1.82) is 0 Å². The highest BCUT2D eigenvalue weighted by Crippen LogP contribution is 2.26. The lowest BCUT2D eigenvalue weighted by molar-refractivity contribution is -0.115. The van der Waals surface area contributed by atoms with Crippen LogP contribution in [0.5, 0.6) is 0 Å². The Labute approximate surface area is 154 Å². The minimum Gasteiger partial charge on any atom is -0.322 e. The number of amides is 1. The number of nitrogens with one attached hydrogen (secondary N) is 1. The third-order valence-corrected chi connectivity index (χ3v) is 4.97. The normalized spacial score (nSPS) is 12.0. The molecule has 6 nitrogen and oxygen atoms in total. The van der Waals surface area contributed by atoms with E-state index in [-0.39, 0.29) is 16.3 Å². The molecule has 0 aliphatic rings. The molecule has 0 saturated carbocycles. The van der Waals surface area contributed by atoms with Crippen LogP contribution < -0.4 is 5.32 Å². The number of nitrogens with zero attached hydrogens (tertiary/aromatic N) is 4. The summed E-state index contributed by atoms with van der Waals surface area (Å²) in [5, 5.41) is 11.8. The monoisotopic (exact) mass is 373 g/mol. The SMILES string of the molecule is C[C@@H](Sc1nnc(-c2ccccc2)n1C)C(=O)Nc1cccnc1Cl. The lowest BCUT2D eigenvalue weighted by Crippen LogP contribution is -2.23. The Morgan fingerprint density at radius 1 is 1.20 bits per heavy atom. The maximum Gasteiger partial charge on any atom is 0.237 e. The molecule has 128 valence electrons. The number of carbonyl (C=O) groups excluding carboxylic acids is 1. The quantitative estimate of drug-likeness (QED) is 0.546. The fourth-order valence-corrected chi connectivity index (χ4v) is 3.16. The maximum atomic E-state index is 12.4. The van der Waals surface area contributed by atoms with Crippen LogP contribution in [0.25, 0.3) is 11.4 Å². The molecular weight excluding hydrogens is 358 g/mol. The van der Waals surface area contributed by atoms with E-state index in [1.54, 1.807) is 25.3 Å². The second-order valence-corrected chi connectivity index (χ2v) is 6.99. The smallest absolute Gasteiger partial charge is 0.237 e. The Morgan fingerprint density at radius 3 is 2.68 bits per heavy atom. The number of thioether (sulfide) groups is 1. The van der Waals surface area contributed by atoms with Crippen LogP contribution in [0.3, 0.4) is 0 Å². The molecule has 1 aromatic carbocycles. The second-order valence-electron chi connectivity index (χ2n) is 5.32. The largest absolute Gasteiger partial charge is 0.322 e. The topological polar surface area (TPSA) is 72.7 Å². The van der Waals surface area contributed by atoms with Gasteiger partial charge < -0.3 is 9.88 Å². The summed E-state index contributed by atoms with van der Waals surface area (Å²) in [5.41, 5.74) is 1.47. The van der Waals surface area contributed by atoms with Gasteiger partial charge in [0.1, 0.15) is 0 Å². The number of carbonyl (C=O) groups is 1. The molecule has 3 aromatic rings. The van der Waals surface area contributed by atoms with Gasteiger partial charge in [0, 0.05) is 18.8 Å². The van der Waals surface area contributed by atoms with E-state index >= 15 is 0 Å². The summed E-state index contributed by atoms with van der Waals surface area (Å²) in [6.45, 7) is 1.81. The van der Waals surface area contributed by atoms with Crippen molar-refractivity contribution in [1.82, 2.24) is 19.7 Å². The van der Waals surface area contributed by atoms with E-state index in [2.05, 4.69) is 20.5 Å². The number of pyridine rings is 1. The zero-order chi connectivity index (χ0) is 17.8. The molecule has 2 heterocycles. The average Bonchev–Trinajstić information content (AvgIpc) is 2.98. The standard InChI is InChI=1S/C17H16ClN5OS/c1-11(16(24)20-13-9-6-10-19-14(13)18)25-17-22-21-15(23(17)2)12-7-4-3-5-8-12/h3-11H,1-2H3,(H,20,24)/t11-/m1/s1. The van der Waals surface area contributed by atoms with Crippen molar-refractivity contribution in [3.8, 4) is 11.4 Å². The van der Waals surface area contributed by atoms with Crippen LogP contribution in [-0.4, -0.2) is 30.9 Å². The molecule has 1 amide bonds. The summed E-state index contributed by atoms with van der Waals surface area (Å²) >= 11 is 7.30. The van der Waals surface area contributed by atoms with E-state index in [0.717, 1.165) is 11.4 Å². The number of rotatable bonds is 5. The lowest BCUT2D eigenvalue weighted by atomic mass is 10.2. The van der Waals surface area contributed by atoms with Crippen molar-refractivity contribution >= 4 is 35.0 Å². The Balaban J connectivity index is 1.71. The molecule has 8 heteroatoms. The highest BCUT2D eigenvalue weighted by molar-refractivity contribution is 8.00. The molecule has 0 saturated heterocycles. The minimum absolute atomic E-state index is 0.177. The highest BCUT2D eigenvalue weighted by atomic mass is 35.5. The van der Waals surface area contributed by atoms with Gasteiger partial charge in [-0.15, -0.1) is 10.2 Å². The second kappa shape index (κ2) is 7.67. The first-order valence-corrected chi connectivity index (χ1v) is 8.85. The summed E-state index contributed by atoms with van der Waals surface area (Å²) in [6.07, 6.45) is 1.57. The van der Waals surface area contributed by atoms with Gasteiger partial charge in [-0.25, -0.2) is 4.98 Å². The third kappa shape index (κ3) is 4.00. The van der Waals surface area contributed by atoms with Crippen LogP contribution in [0.15, 0.2) is 53.8 Å². The summed E-state index contributed by atoms with van der Waals surface area (Å²) in [6, 6.07) is 13.2. The van der Waals surface area contributed by atoms with Crippen LogP contribution in [0.4, 0.5) is 5.69 Å². The van der Waals surface area contributed by atoms with Gasteiger partial charge in [-0.3, -0.25) is 4.79 Å². The maximum absolute atomic E-state index is 12.4. The van der Waals surface area contributed by atoms with Gasteiger partial charge in [-0.2, -0.15) is 0 Å². The number of hydrogen-bond donors (Lipinski definition) is 1. The first kappa shape index (κ1) is 17.4. The zero-order valence-corrected chi connectivity index (χ0v) is 15.3. The summed E-state index contributed by atoms with van der Waals surface area (Å²) in [4.78, 5) is 16.3. The first-order chi connectivity index (χ1) is 12.1. The Bertz CT molecular complexity index is 884. The number of anilines is 1. The third-order valence-electron chi connectivity index (χ3n) is 3.54. The molecule has 1 atom stereocenters. The number of benzene rings is 1. The number of halogens is 1. The predicted octanol–water partition coefficient (Wildman–Crippen LogP) is 3.65. The van der Waals surface area contributed by atoms with Crippen LogP contribution >= 0.6 is 23.4 Å². The Kier molecular flexibility index (Phi) is 5.35. The lowest BCUT2D eigenvalue weighted by Gasteiger charge is -2.12. The molecule has 0 radical (unpaired) electrons. The van der Waals surface area contributed by atoms with E-state index in [1.807, 2.05) is 41.9 Å². The fraction of sp³-hybridized carbons (Fsp3) is 0.176. The van der Waals surface area contributed by atoms with Crippen molar-refractivity contribution in [2.75, 3.05) is 5.32 Å². The molecule has 3 rings (SSSR count). The average molecular weight is 374 g/mol. The van der Waals surface area contributed by atoms with Gasteiger partial charge in [0.2, 0.25) is 5.91 Å². The molecule has 0 bridgehead atoms. The van der Waals surface area contributed by atoms with E-state index in [9.17, 15) is 4.79 Å². The Morgan fingerprint density at radius 2 is 1.96 bits per heavy atom. The number of aromatic nitrogens is 4. The molecule has 2 aromatic heterocycles. The molecule has 25 heavy (non-hydrogen) atoms. The van der Waals surface area contributed by atoms with Crippen molar-refractivity contribution in [2.24, 2.45) is 7.05 Å². The zero-order valence-electron chi connectivity index (χ0n) is 13.7. The molecule has 0 aliphatic carbocycles. The highest BCUT2D eigenvalue weighted by Gasteiger charge is 2.20. The van der Waals surface area contributed by atoms with E-state index in [4.69, 9.17) is 11.6 Å². The van der Waals surface area contributed by atoms with Crippen LogP contribution in [0.2, 0.25) is 5.15 Å². The van der Waals surface area contributed by atoms with E-state index in [1.165, 1.54) is 11.8 Å². The Hall–Kier alpha value is -2.38. The van der Waals surface area contributed by atoms with Crippen LogP contribution in [0, 0.1) is 0 Å². The molecule has 0 spiro atoms. The summed E-state index contributed by atoms with van der Waals surface area (Å²) in [5.74, 6) is 0.579. The van der Waals surface area contributed by atoms with Gasteiger partial charge >= 0.3 is 0 Å². The van der Waals surface area contributed by atoms with Crippen molar-refractivity contribution < 1.29 is 4.79 Å². The molecule has 1 N–H and O–H groups in total. The predicted molar refractivity (Wildman–Crippen MR) is 99.6 cm³/mol. The van der Waals surface area contributed by atoms with Gasteiger partial charge in [0.05, 0.1) is 10.9 Å². The van der Waals surface area contributed by atoms with Crippen molar-refractivity contribution in [2.45, 2.75) is 17.3 Å². The first-order valence-electron chi connectivity index (χ1n) is 7.59. The summed E-state index contributed by atoms with van der Waals surface area (Å²) in [7, 11) is 1.88. The van der Waals surface area contributed by atoms with E-state index in [0.29, 0.717) is 10.8 Å².